The van der Waals surface area contributed by atoms with E-state index in [-0.39, 0.29) is 18.1 Å². The van der Waals surface area contributed by atoms with Gasteiger partial charge in [0.1, 0.15) is 17.1 Å². The fourth-order valence-electron chi connectivity index (χ4n) is 1.97. The molecule has 2 aromatic heterocycles. The van der Waals surface area contributed by atoms with Crippen LogP contribution in [0.4, 0.5) is 0 Å². The minimum Gasteiger partial charge on any atom is -0.466 e. The molecule has 0 aliphatic heterocycles. The minimum absolute atomic E-state index is 0.0327. The summed E-state index contributed by atoms with van der Waals surface area (Å²) in [4.78, 5) is 11.9. The number of hydrogen-bond donors (Lipinski definition) is 2. The molecule has 1 atom stereocenters. The van der Waals surface area contributed by atoms with Gasteiger partial charge in [-0.2, -0.15) is 0 Å². The van der Waals surface area contributed by atoms with Gasteiger partial charge in [-0.15, -0.1) is 0 Å². The summed E-state index contributed by atoms with van der Waals surface area (Å²) >= 11 is 0. The number of carbonyl (C=O) groups is 1. The van der Waals surface area contributed by atoms with Gasteiger partial charge in [0, 0.05) is 12.0 Å². The third kappa shape index (κ3) is 2.60. The Kier molecular flexibility index (Phi) is 3.10. The van der Waals surface area contributed by atoms with E-state index >= 15 is 0 Å². The Labute approximate surface area is 115 Å². The molecule has 0 saturated heterocycles. The van der Waals surface area contributed by atoms with E-state index in [0.29, 0.717) is 11.7 Å². The first kappa shape index (κ1) is 12.9. The van der Waals surface area contributed by atoms with Gasteiger partial charge in [-0.25, -0.2) is 0 Å². The molecule has 6 nitrogen and oxygen atoms in total. The Morgan fingerprint density at radius 2 is 2.40 bits per heavy atom. The van der Waals surface area contributed by atoms with Crippen LogP contribution < -0.4 is 5.32 Å². The topological polar surface area (TPSA) is 88.5 Å². The highest BCUT2D eigenvalue weighted by Gasteiger charge is 2.30. The molecular formula is C14H16N2O4. The molecule has 1 saturated carbocycles. The van der Waals surface area contributed by atoms with Crippen LogP contribution in [0.25, 0.3) is 0 Å². The lowest BCUT2D eigenvalue weighted by Crippen LogP contribution is -2.38. The monoisotopic (exact) mass is 276 g/mol. The van der Waals surface area contributed by atoms with E-state index in [4.69, 9.17) is 8.94 Å². The highest BCUT2D eigenvalue weighted by molar-refractivity contribution is 5.92. The fourth-order valence-corrected chi connectivity index (χ4v) is 1.97. The van der Waals surface area contributed by atoms with Gasteiger partial charge >= 0.3 is 0 Å². The van der Waals surface area contributed by atoms with E-state index in [0.717, 1.165) is 18.6 Å². The second-order valence-electron chi connectivity index (χ2n) is 5.32. The molecule has 1 amide bonds. The van der Waals surface area contributed by atoms with Crippen molar-refractivity contribution >= 4 is 5.91 Å². The molecule has 0 radical (unpaired) electrons. The van der Waals surface area contributed by atoms with Crippen LogP contribution in [0.2, 0.25) is 0 Å². The van der Waals surface area contributed by atoms with Gasteiger partial charge in [0.15, 0.2) is 5.69 Å². The lowest BCUT2D eigenvalue weighted by molar-refractivity contribution is 0.0329. The first-order chi connectivity index (χ1) is 9.56. The number of nitrogens with zero attached hydrogens (tertiary/aromatic N) is 1. The zero-order valence-corrected chi connectivity index (χ0v) is 11.1. The van der Waals surface area contributed by atoms with E-state index < -0.39 is 5.60 Å². The van der Waals surface area contributed by atoms with Crippen molar-refractivity contribution in [2.75, 3.05) is 6.54 Å². The molecule has 1 aliphatic carbocycles. The third-order valence-electron chi connectivity index (χ3n) is 3.39. The van der Waals surface area contributed by atoms with Crippen molar-refractivity contribution in [1.82, 2.24) is 10.5 Å². The van der Waals surface area contributed by atoms with Crippen LogP contribution in [0.5, 0.6) is 0 Å². The summed E-state index contributed by atoms with van der Waals surface area (Å²) in [7, 11) is 0. The SMILES string of the molecule is C[C@@](O)(CNC(=O)c1cc(C2CC2)on1)c1ccco1. The maximum atomic E-state index is 11.9. The zero-order chi connectivity index (χ0) is 14.2. The largest absolute Gasteiger partial charge is 0.466 e. The van der Waals surface area contributed by atoms with E-state index in [9.17, 15) is 9.90 Å². The molecule has 106 valence electrons. The molecule has 0 bridgehead atoms. The quantitative estimate of drug-likeness (QED) is 0.869. The van der Waals surface area contributed by atoms with Gasteiger partial charge in [0.05, 0.1) is 12.8 Å². The van der Waals surface area contributed by atoms with Crippen LogP contribution in [0.3, 0.4) is 0 Å². The van der Waals surface area contributed by atoms with Crippen LogP contribution in [0.1, 0.15) is 47.7 Å². The predicted molar refractivity (Wildman–Crippen MR) is 69.1 cm³/mol. The first-order valence-corrected chi connectivity index (χ1v) is 6.57. The summed E-state index contributed by atoms with van der Waals surface area (Å²) in [6.45, 7) is 1.61. The molecule has 2 N–H and O–H groups in total. The van der Waals surface area contributed by atoms with Crippen molar-refractivity contribution in [2.24, 2.45) is 0 Å². The Hall–Kier alpha value is -2.08. The van der Waals surface area contributed by atoms with Crippen LogP contribution in [0.15, 0.2) is 33.4 Å². The molecular weight excluding hydrogens is 260 g/mol. The lowest BCUT2D eigenvalue weighted by atomic mass is 10.0. The van der Waals surface area contributed by atoms with Crippen molar-refractivity contribution in [3.63, 3.8) is 0 Å². The number of aromatic nitrogens is 1. The van der Waals surface area contributed by atoms with Gasteiger partial charge in [-0.3, -0.25) is 4.79 Å². The minimum atomic E-state index is -1.26. The molecule has 1 aliphatic rings. The molecule has 0 unspecified atom stereocenters. The average Bonchev–Trinajstić information content (AvgIpc) is 2.97. The molecule has 0 spiro atoms. The fraction of sp³-hybridized carbons (Fsp3) is 0.429. The lowest BCUT2D eigenvalue weighted by Gasteiger charge is -2.20. The molecule has 3 rings (SSSR count). The molecule has 2 heterocycles. The Morgan fingerprint density at radius 1 is 1.60 bits per heavy atom. The molecule has 1 fully saturated rings. The summed E-state index contributed by atoms with van der Waals surface area (Å²) in [6, 6.07) is 5.01. The summed E-state index contributed by atoms with van der Waals surface area (Å²) in [5.41, 5.74) is -1.02. The summed E-state index contributed by atoms with van der Waals surface area (Å²) in [5.74, 6) is 1.20. The molecule has 0 aromatic carbocycles. The second-order valence-corrected chi connectivity index (χ2v) is 5.32. The maximum Gasteiger partial charge on any atom is 0.273 e. The van der Waals surface area contributed by atoms with E-state index in [1.54, 1.807) is 25.1 Å². The van der Waals surface area contributed by atoms with Crippen LogP contribution in [-0.4, -0.2) is 22.7 Å². The van der Waals surface area contributed by atoms with Crippen molar-refractivity contribution in [1.29, 1.82) is 0 Å². The summed E-state index contributed by atoms with van der Waals surface area (Å²) < 4.78 is 10.3. The molecule has 2 aromatic rings. The Balaban J connectivity index is 1.61. The molecule has 6 heteroatoms. The van der Waals surface area contributed by atoms with Gasteiger partial charge in [0.2, 0.25) is 0 Å². The number of aliphatic hydroxyl groups is 1. The standard InChI is InChI=1S/C14H16N2O4/c1-14(18,12-3-2-6-19-12)8-15-13(17)10-7-11(20-16-10)9-4-5-9/h2-3,6-7,9,18H,4-5,8H2,1H3,(H,15,17)/t14-/m1/s1. The summed E-state index contributed by atoms with van der Waals surface area (Å²) in [6.07, 6.45) is 3.65. The Morgan fingerprint density at radius 3 is 3.05 bits per heavy atom. The predicted octanol–water partition coefficient (Wildman–Crippen LogP) is 1.78. The van der Waals surface area contributed by atoms with E-state index in [1.807, 2.05) is 0 Å². The maximum absolute atomic E-state index is 11.9. The zero-order valence-electron chi connectivity index (χ0n) is 11.1. The number of amides is 1. The normalized spacial score (nSPS) is 17.7. The van der Waals surface area contributed by atoms with Crippen molar-refractivity contribution in [2.45, 2.75) is 31.3 Å². The van der Waals surface area contributed by atoms with E-state index in [2.05, 4.69) is 10.5 Å². The van der Waals surface area contributed by atoms with Gasteiger partial charge < -0.3 is 19.4 Å². The second kappa shape index (κ2) is 4.79. The van der Waals surface area contributed by atoms with Crippen molar-refractivity contribution in [3.8, 4) is 0 Å². The average molecular weight is 276 g/mol. The smallest absolute Gasteiger partial charge is 0.273 e. The highest BCUT2D eigenvalue weighted by atomic mass is 16.5. The number of nitrogens with one attached hydrogen (secondary N) is 1. The highest BCUT2D eigenvalue weighted by Crippen LogP contribution is 2.40. The number of carbonyl (C=O) groups excluding carboxylic acids is 1. The Bertz CT molecular complexity index is 596. The number of furan rings is 1. The van der Waals surface area contributed by atoms with E-state index in [1.165, 1.54) is 6.26 Å². The van der Waals surface area contributed by atoms with Crippen molar-refractivity contribution < 1.29 is 18.8 Å². The van der Waals surface area contributed by atoms with Crippen LogP contribution in [-0.2, 0) is 5.60 Å². The number of hydrogen-bond acceptors (Lipinski definition) is 5. The van der Waals surface area contributed by atoms with Gasteiger partial charge in [-0.05, 0) is 31.9 Å². The van der Waals surface area contributed by atoms with Gasteiger partial charge in [-0.1, -0.05) is 5.16 Å². The van der Waals surface area contributed by atoms with Crippen molar-refractivity contribution in [3.05, 3.63) is 41.7 Å². The number of rotatable bonds is 5. The van der Waals surface area contributed by atoms with Gasteiger partial charge in [0.25, 0.3) is 5.91 Å². The third-order valence-corrected chi connectivity index (χ3v) is 3.39. The first-order valence-electron chi connectivity index (χ1n) is 6.57. The summed E-state index contributed by atoms with van der Waals surface area (Å²) in [5, 5.41) is 16.6. The van der Waals surface area contributed by atoms with Crippen LogP contribution in [0, 0.1) is 0 Å². The van der Waals surface area contributed by atoms with Crippen LogP contribution >= 0.6 is 0 Å². The molecule has 20 heavy (non-hydrogen) atoms.